The Kier molecular flexibility index (Phi) is 7.20. The topological polar surface area (TPSA) is 66.6 Å². The average Bonchev–Trinajstić information content (AvgIpc) is 2.54. The lowest BCUT2D eigenvalue weighted by atomic mass is 9.91. The summed E-state index contributed by atoms with van der Waals surface area (Å²) in [4.78, 5) is 28.0. The Morgan fingerprint density at radius 2 is 1.92 bits per heavy atom. The molecule has 25 heavy (non-hydrogen) atoms. The van der Waals surface area contributed by atoms with E-state index >= 15 is 0 Å². The van der Waals surface area contributed by atoms with Crippen molar-refractivity contribution in [1.82, 2.24) is 9.80 Å². The standard InChI is InChI=1S/C19H27N3O2.ClH/c1-14(23)22-10-9-15-7-5-6-8-16(15)17(22)11-18(24)21(4)13-19(2,3)12-20;/h5-10,17H,11-13,20H2,1-4H3;1H. The van der Waals surface area contributed by atoms with E-state index in [9.17, 15) is 9.59 Å². The van der Waals surface area contributed by atoms with Crippen molar-refractivity contribution < 1.29 is 9.59 Å². The van der Waals surface area contributed by atoms with Crippen molar-refractivity contribution >= 4 is 30.3 Å². The van der Waals surface area contributed by atoms with Crippen LogP contribution in [0.5, 0.6) is 0 Å². The monoisotopic (exact) mass is 365 g/mol. The lowest BCUT2D eigenvalue weighted by Crippen LogP contribution is -2.41. The summed E-state index contributed by atoms with van der Waals surface area (Å²) in [5.74, 6) is -0.0543. The molecule has 0 fully saturated rings. The fourth-order valence-electron chi connectivity index (χ4n) is 3.03. The highest BCUT2D eigenvalue weighted by molar-refractivity contribution is 5.85. The molecule has 0 spiro atoms. The van der Waals surface area contributed by atoms with Gasteiger partial charge in [0.05, 0.1) is 12.5 Å². The molecule has 0 saturated carbocycles. The van der Waals surface area contributed by atoms with Gasteiger partial charge in [-0.3, -0.25) is 9.59 Å². The normalized spacial score (nSPS) is 16.0. The van der Waals surface area contributed by atoms with Crippen molar-refractivity contribution in [2.24, 2.45) is 11.1 Å². The minimum Gasteiger partial charge on any atom is -0.345 e. The number of rotatable bonds is 5. The predicted octanol–water partition coefficient (Wildman–Crippen LogP) is 2.82. The summed E-state index contributed by atoms with van der Waals surface area (Å²) in [6.07, 6.45) is 3.95. The van der Waals surface area contributed by atoms with Crippen LogP contribution in [0, 0.1) is 5.41 Å². The minimum absolute atomic E-state index is 0. The third kappa shape index (κ3) is 5.06. The van der Waals surface area contributed by atoms with E-state index in [0.29, 0.717) is 13.1 Å². The van der Waals surface area contributed by atoms with Gasteiger partial charge >= 0.3 is 0 Å². The second-order valence-corrected chi connectivity index (χ2v) is 7.21. The fraction of sp³-hybridized carbons (Fsp3) is 0.474. The first-order valence-corrected chi connectivity index (χ1v) is 8.25. The lowest BCUT2D eigenvalue weighted by molar-refractivity contribution is -0.134. The highest BCUT2D eigenvalue weighted by Gasteiger charge is 2.30. The molecule has 138 valence electrons. The SMILES string of the molecule is CC(=O)N1C=Cc2ccccc2C1CC(=O)N(C)CC(C)(C)CN.Cl. The molecule has 0 bridgehead atoms. The molecule has 1 aliphatic heterocycles. The van der Waals surface area contributed by atoms with E-state index in [-0.39, 0.29) is 42.1 Å². The molecule has 1 aromatic rings. The molecule has 2 amide bonds. The van der Waals surface area contributed by atoms with Crippen LogP contribution in [0.15, 0.2) is 30.5 Å². The number of fused-ring (bicyclic) bond motifs is 1. The summed E-state index contributed by atoms with van der Waals surface area (Å²) < 4.78 is 0. The molecule has 2 rings (SSSR count). The van der Waals surface area contributed by atoms with E-state index in [4.69, 9.17) is 5.73 Å². The van der Waals surface area contributed by atoms with Crippen molar-refractivity contribution in [3.05, 3.63) is 41.6 Å². The van der Waals surface area contributed by atoms with Gasteiger partial charge < -0.3 is 15.5 Å². The van der Waals surface area contributed by atoms with Crippen molar-refractivity contribution in [1.29, 1.82) is 0 Å². The largest absolute Gasteiger partial charge is 0.345 e. The molecule has 1 heterocycles. The lowest BCUT2D eigenvalue weighted by Gasteiger charge is -2.34. The maximum absolute atomic E-state index is 12.7. The van der Waals surface area contributed by atoms with Crippen LogP contribution in [-0.4, -0.2) is 41.8 Å². The third-order valence-corrected chi connectivity index (χ3v) is 4.48. The van der Waals surface area contributed by atoms with Crippen molar-refractivity contribution in [2.45, 2.75) is 33.2 Å². The van der Waals surface area contributed by atoms with E-state index in [2.05, 4.69) is 0 Å². The van der Waals surface area contributed by atoms with Crippen LogP contribution >= 0.6 is 12.4 Å². The van der Waals surface area contributed by atoms with Crippen molar-refractivity contribution in [2.75, 3.05) is 20.1 Å². The smallest absolute Gasteiger partial charge is 0.224 e. The molecule has 1 aliphatic rings. The Labute approximate surface area is 156 Å². The molecule has 5 nitrogen and oxygen atoms in total. The molecule has 0 aromatic heterocycles. The summed E-state index contributed by atoms with van der Waals surface area (Å²) in [6.45, 7) is 6.71. The Hall–Kier alpha value is -1.85. The maximum atomic E-state index is 12.7. The number of carbonyl (C=O) groups excluding carboxylic acids is 2. The number of carbonyl (C=O) groups is 2. The van der Waals surface area contributed by atoms with Gasteiger partial charge in [0, 0.05) is 26.7 Å². The summed E-state index contributed by atoms with van der Waals surface area (Å²) in [7, 11) is 1.79. The second kappa shape index (κ2) is 8.50. The number of hydrogen-bond donors (Lipinski definition) is 1. The summed E-state index contributed by atoms with van der Waals surface area (Å²) in [5, 5.41) is 0. The zero-order chi connectivity index (χ0) is 17.9. The average molecular weight is 366 g/mol. The molecular formula is C19H28ClN3O2. The molecule has 0 radical (unpaired) electrons. The van der Waals surface area contributed by atoms with Crippen LogP contribution < -0.4 is 5.73 Å². The van der Waals surface area contributed by atoms with Gasteiger partial charge in [-0.1, -0.05) is 38.1 Å². The second-order valence-electron chi connectivity index (χ2n) is 7.21. The van der Waals surface area contributed by atoms with Crippen LogP contribution in [0.2, 0.25) is 0 Å². The number of nitrogens with zero attached hydrogens (tertiary/aromatic N) is 2. The first kappa shape index (κ1) is 21.2. The molecule has 2 N–H and O–H groups in total. The van der Waals surface area contributed by atoms with Crippen LogP contribution in [0.1, 0.15) is 44.4 Å². The van der Waals surface area contributed by atoms with Crippen LogP contribution in [0.3, 0.4) is 0 Å². The Bertz CT molecular complexity index is 658. The number of halogens is 1. The van der Waals surface area contributed by atoms with Gasteiger partial charge in [0.2, 0.25) is 11.8 Å². The van der Waals surface area contributed by atoms with Crippen LogP contribution in [-0.2, 0) is 9.59 Å². The van der Waals surface area contributed by atoms with E-state index in [1.54, 1.807) is 23.0 Å². The highest BCUT2D eigenvalue weighted by Crippen LogP contribution is 2.33. The maximum Gasteiger partial charge on any atom is 0.224 e. The first-order chi connectivity index (χ1) is 11.2. The minimum atomic E-state index is -0.264. The van der Waals surface area contributed by atoms with Gasteiger partial charge in [-0.2, -0.15) is 0 Å². The quantitative estimate of drug-likeness (QED) is 0.872. The number of hydrogen-bond acceptors (Lipinski definition) is 3. The van der Waals surface area contributed by atoms with Gasteiger partial charge in [-0.25, -0.2) is 0 Å². The van der Waals surface area contributed by atoms with Crippen molar-refractivity contribution in [3.63, 3.8) is 0 Å². The molecule has 6 heteroatoms. The number of amides is 2. The first-order valence-electron chi connectivity index (χ1n) is 8.25. The molecular weight excluding hydrogens is 338 g/mol. The summed E-state index contributed by atoms with van der Waals surface area (Å²) in [5.41, 5.74) is 7.70. The molecule has 1 aromatic carbocycles. The van der Waals surface area contributed by atoms with Crippen molar-refractivity contribution in [3.8, 4) is 0 Å². The van der Waals surface area contributed by atoms with Gasteiger partial charge in [0.15, 0.2) is 0 Å². The van der Waals surface area contributed by atoms with Crippen LogP contribution in [0.4, 0.5) is 0 Å². The molecule has 0 aliphatic carbocycles. The Morgan fingerprint density at radius 3 is 2.52 bits per heavy atom. The van der Waals surface area contributed by atoms with Gasteiger partial charge in [-0.05, 0) is 29.2 Å². The van der Waals surface area contributed by atoms with E-state index in [1.807, 2.05) is 44.2 Å². The number of nitrogens with two attached hydrogens (primary N) is 1. The number of benzene rings is 1. The molecule has 0 saturated heterocycles. The third-order valence-electron chi connectivity index (χ3n) is 4.48. The fourth-order valence-corrected chi connectivity index (χ4v) is 3.03. The predicted molar refractivity (Wildman–Crippen MR) is 103 cm³/mol. The zero-order valence-electron chi connectivity index (χ0n) is 15.4. The highest BCUT2D eigenvalue weighted by atomic mass is 35.5. The van der Waals surface area contributed by atoms with E-state index in [1.165, 1.54) is 6.92 Å². The van der Waals surface area contributed by atoms with E-state index < -0.39 is 0 Å². The van der Waals surface area contributed by atoms with Gasteiger partial charge in [-0.15, -0.1) is 12.4 Å². The Balaban J connectivity index is 0.00000312. The molecule has 1 atom stereocenters. The molecule has 1 unspecified atom stereocenters. The zero-order valence-corrected chi connectivity index (χ0v) is 16.2. The van der Waals surface area contributed by atoms with Gasteiger partial charge in [0.25, 0.3) is 0 Å². The van der Waals surface area contributed by atoms with E-state index in [0.717, 1.165) is 11.1 Å². The van der Waals surface area contributed by atoms with Crippen LogP contribution in [0.25, 0.3) is 6.08 Å². The van der Waals surface area contributed by atoms with Gasteiger partial charge in [0.1, 0.15) is 0 Å². The summed E-state index contributed by atoms with van der Waals surface area (Å²) in [6, 6.07) is 7.62. The Morgan fingerprint density at radius 1 is 1.28 bits per heavy atom. The summed E-state index contributed by atoms with van der Waals surface area (Å²) >= 11 is 0.